The maximum absolute atomic E-state index is 12.5. The molecule has 2 aromatic carbocycles. The first-order valence-electron chi connectivity index (χ1n) is 8.92. The molecule has 1 heterocycles. The first-order chi connectivity index (χ1) is 12.8. The topological polar surface area (TPSA) is 75.7 Å². The molecule has 27 heavy (non-hydrogen) atoms. The predicted octanol–water partition coefficient (Wildman–Crippen LogP) is 3.25. The highest BCUT2D eigenvalue weighted by Gasteiger charge is 2.28. The molecule has 0 spiro atoms. The van der Waals surface area contributed by atoms with Gasteiger partial charge in [-0.15, -0.1) is 0 Å². The average molecular weight is 388 g/mol. The lowest BCUT2D eigenvalue weighted by molar-refractivity contribution is -0.138. The normalized spacial score (nSPS) is 17.3. The second-order valence-electron chi connectivity index (χ2n) is 7.11. The van der Waals surface area contributed by atoms with Crippen LogP contribution in [-0.4, -0.2) is 31.9 Å². The monoisotopic (exact) mass is 388 g/mol. The molecule has 2 aromatic rings. The number of nitrogens with one attached hydrogen (secondary N) is 1. The molecular weight excluding hydrogens is 364 g/mol. The molecule has 0 fully saturated rings. The van der Waals surface area contributed by atoms with Gasteiger partial charge in [-0.2, -0.15) is 0 Å². The second-order valence-corrected chi connectivity index (χ2v) is 8.80. The standard InChI is InChI=1S/C20H24N2O4S/c1-14(2)12-22-13-16-11-17(9-10-19(16)26-15(3)20(22)23)21-27(24,25)18-7-5-4-6-8-18/h4-11,14-15,21H,12-13H2,1-3H3. The van der Waals surface area contributed by atoms with E-state index in [-0.39, 0.29) is 10.8 Å². The highest BCUT2D eigenvalue weighted by atomic mass is 32.2. The molecule has 0 radical (unpaired) electrons. The summed E-state index contributed by atoms with van der Waals surface area (Å²) in [4.78, 5) is 14.5. The molecule has 1 aliphatic rings. The van der Waals surface area contributed by atoms with Gasteiger partial charge in [0.05, 0.1) is 4.90 Å². The molecule has 1 N–H and O–H groups in total. The summed E-state index contributed by atoms with van der Waals surface area (Å²) in [6, 6.07) is 13.3. The third kappa shape index (κ3) is 4.42. The lowest BCUT2D eigenvalue weighted by Crippen LogP contribution is -2.39. The van der Waals surface area contributed by atoms with Crippen LogP contribution in [0, 0.1) is 5.92 Å². The number of carbonyl (C=O) groups excluding carboxylic acids is 1. The van der Waals surface area contributed by atoms with E-state index in [1.807, 2.05) is 0 Å². The molecule has 0 saturated heterocycles. The third-order valence-corrected chi connectivity index (χ3v) is 5.67. The van der Waals surface area contributed by atoms with Gasteiger partial charge in [-0.1, -0.05) is 32.0 Å². The van der Waals surface area contributed by atoms with Gasteiger partial charge in [0.25, 0.3) is 15.9 Å². The first kappa shape index (κ1) is 19.2. The minimum Gasteiger partial charge on any atom is -0.481 e. The van der Waals surface area contributed by atoms with Crippen molar-refractivity contribution in [3.63, 3.8) is 0 Å². The van der Waals surface area contributed by atoms with Crippen molar-refractivity contribution in [1.82, 2.24) is 4.90 Å². The van der Waals surface area contributed by atoms with Gasteiger partial charge in [0, 0.05) is 24.3 Å². The number of hydrogen-bond donors (Lipinski definition) is 1. The Morgan fingerprint density at radius 3 is 2.56 bits per heavy atom. The van der Waals surface area contributed by atoms with E-state index in [1.165, 1.54) is 0 Å². The van der Waals surface area contributed by atoms with Crippen LogP contribution in [0.4, 0.5) is 5.69 Å². The molecule has 0 bridgehead atoms. The quantitative estimate of drug-likeness (QED) is 0.853. The van der Waals surface area contributed by atoms with Gasteiger partial charge < -0.3 is 9.64 Å². The molecule has 0 aromatic heterocycles. The largest absolute Gasteiger partial charge is 0.481 e. The summed E-state index contributed by atoms with van der Waals surface area (Å²) in [6.45, 7) is 6.84. The van der Waals surface area contributed by atoms with Crippen molar-refractivity contribution in [3.8, 4) is 5.75 Å². The zero-order chi connectivity index (χ0) is 19.6. The molecule has 0 saturated carbocycles. The van der Waals surface area contributed by atoms with Crippen molar-refractivity contribution in [2.75, 3.05) is 11.3 Å². The van der Waals surface area contributed by atoms with Crippen molar-refractivity contribution in [2.45, 2.75) is 38.3 Å². The van der Waals surface area contributed by atoms with Gasteiger partial charge in [-0.05, 0) is 43.2 Å². The maximum atomic E-state index is 12.5. The van der Waals surface area contributed by atoms with Crippen molar-refractivity contribution >= 4 is 21.6 Å². The number of benzene rings is 2. The first-order valence-corrected chi connectivity index (χ1v) is 10.4. The minimum atomic E-state index is -3.67. The van der Waals surface area contributed by atoms with Crippen LogP contribution < -0.4 is 9.46 Å². The summed E-state index contributed by atoms with van der Waals surface area (Å²) in [5.74, 6) is 0.860. The second kappa shape index (κ2) is 7.60. The van der Waals surface area contributed by atoms with E-state index in [9.17, 15) is 13.2 Å². The molecule has 7 heteroatoms. The Balaban J connectivity index is 1.89. The zero-order valence-corrected chi connectivity index (χ0v) is 16.5. The van der Waals surface area contributed by atoms with E-state index in [0.29, 0.717) is 30.4 Å². The van der Waals surface area contributed by atoms with Crippen molar-refractivity contribution < 1.29 is 17.9 Å². The molecule has 6 nitrogen and oxygen atoms in total. The zero-order valence-electron chi connectivity index (χ0n) is 15.7. The van der Waals surface area contributed by atoms with Crippen molar-refractivity contribution in [2.24, 2.45) is 5.92 Å². The molecule has 1 unspecified atom stereocenters. The van der Waals surface area contributed by atoms with Gasteiger partial charge >= 0.3 is 0 Å². The summed E-state index contributed by atoms with van der Waals surface area (Å²) in [5.41, 5.74) is 1.22. The summed E-state index contributed by atoms with van der Waals surface area (Å²) in [5, 5.41) is 0. The Bertz CT molecular complexity index is 926. The van der Waals surface area contributed by atoms with Gasteiger partial charge in [0.1, 0.15) is 5.75 Å². The SMILES string of the molecule is CC(C)CN1Cc2cc(NS(=O)(=O)c3ccccc3)ccc2OC(C)C1=O. The Morgan fingerprint density at radius 2 is 1.89 bits per heavy atom. The Labute approximate surface area is 160 Å². The summed E-state index contributed by atoms with van der Waals surface area (Å²) in [7, 11) is -3.67. The van der Waals surface area contributed by atoms with Gasteiger partial charge in [0.15, 0.2) is 6.10 Å². The van der Waals surface area contributed by atoms with Gasteiger partial charge in [0.2, 0.25) is 0 Å². The summed E-state index contributed by atoms with van der Waals surface area (Å²) in [6.07, 6.45) is -0.572. The predicted molar refractivity (Wildman–Crippen MR) is 104 cm³/mol. The summed E-state index contributed by atoms with van der Waals surface area (Å²) < 4.78 is 33.5. The van der Waals surface area contributed by atoms with E-state index >= 15 is 0 Å². The smallest absolute Gasteiger partial charge is 0.263 e. The van der Waals surface area contributed by atoms with Crippen LogP contribution in [0.15, 0.2) is 53.4 Å². The van der Waals surface area contributed by atoms with E-state index < -0.39 is 16.1 Å². The van der Waals surface area contributed by atoms with Crippen LogP contribution in [0.25, 0.3) is 0 Å². The molecule has 3 rings (SSSR count). The van der Waals surface area contributed by atoms with Gasteiger partial charge in [-0.3, -0.25) is 9.52 Å². The van der Waals surface area contributed by atoms with Crippen LogP contribution in [-0.2, 0) is 21.4 Å². The van der Waals surface area contributed by atoms with Crippen LogP contribution in [0.3, 0.4) is 0 Å². The Kier molecular flexibility index (Phi) is 5.41. The number of ether oxygens (including phenoxy) is 1. The average Bonchev–Trinajstić information content (AvgIpc) is 2.72. The molecular formula is C20H24N2O4S. The van der Waals surface area contributed by atoms with E-state index in [0.717, 1.165) is 5.56 Å². The van der Waals surface area contributed by atoms with Crippen LogP contribution >= 0.6 is 0 Å². The molecule has 1 aliphatic heterocycles. The Morgan fingerprint density at radius 1 is 1.19 bits per heavy atom. The number of nitrogens with zero attached hydrogens (tertiary/aromatic N) is 1. The fraction of sp³-hybridized carbons (Fsp3) is 0.350. The Hall–Kier alpha value is -2.54. The number of fused-ring (bicyclic) bond motifs is 1. The molecule has 1 atom stereocenters. The maximum Gasteiger partial charge on any atom is 0.263 e. The number of rotatable bonds is 5. The van der Waals surface area contributed by atoms with Crippen LogP contribution in [0.1, 0.15) is 26.3 Å². The highest BCUT2D eigenvalue weighted by molar-refractivity contribution is 7.92. The molecule has 0 aliphatic carbocycles. The fourth-order valence-electron chi connectivity index (χ4n) is 3.07. The highest BCUT2D eigenvalue weighted by Crippen LogP contribution is 2.30. The lowest BCUT2D eigenvalue weighted by Gasteiger charge is -2.24. The minimum absolute atomic E-state index is 0.0636. The van der Waals surface area contributed by atoms with E-state index in [1.54, 1.807) is 60.4 Å². The van der Waals surface area contributed by atoms with Crippen LogP contribution in [0.2, 0.25) is 0 Å². The third-order valence-electron chi connectivity index (χ3n) is 4.28. The number of amides is 1. The van der Waals surface area contributed by atoms with Crippen molar-refractivity contribution in [1.29, 1.82) is 0 Å². The van der Waals surface area contributed by atoms with E-state index in [4.69, 9.17) is 4.74 Å². The summed E-state index contributed by atoms with van der Waals surface area (Å²) >= 11 is 0. The molecule has 1 amide bonds. The number of anilines is 1. The van der Waals surface area contributed by atoms with Gasteiger partial charge in [-0.25, -0.2) is 8.42 Å². The molecule has 144 valence electrons. The number of sulfonamides is 1. The lowest BCUT2D eigenvalue weighted by atomic mass is 10.1. The fourth-order valence-corrected chi connectivity index (χ4v) is 4.14. The number of carbonyl (C=O) groups is 1. The van der Waals surface area contributed by atoms with Crippen LogP contribution in [0.5, 0.6) is 5.75 Å². The van der Waals surface area contributed by atoms with E-state index in [2.05, 4.69) is 18.6 Å². The van der Waals surface area contributed by atoms with Crippen molar-refractivity contribution in [3.05, 3.63) is 54.1 Å². The number of hydrogen-bond acceptors (Lipinski definition) is 4.